The number of sulfonamides is 1. The fraction of sp³-hybridized carbons (Fsp3) is 0.571. The molecular formula is C14H20N4O2S2. The van der Waals surface area contributed by atoms with Crippen LogP contribution in [0.3, 0.4) is 0 Å². The number of fused-ring (bicyclic) bond motifs is 1. The van der Waals surface area contributed by atoms with Gasteiger partial charge in [0.25, 0.3) is 0 Å². The summed E-state index contributed by atoms with van der Waals surface area (Å²) >= 11 is 1.69. The fourth-order valence-corrected chi connectivity index (χ4v) is 5.00. The van der Waals surface area contributed by atoms with E-state index in [1.165, 1.54) is 4.88 Å². The number of thiophene rings is 1. The van der Waals surface area contributed by atoms with Crippen LogP contribution in [-0.2, 0) is 16.4 Å². The number of primary sulfonamides is 1. The zero-order chi connectivity index (χ0) is 15.9. The van der Waals surface area contributed by atoms with E-state index < -0.39 is 10.0 Å². The second-order valence-electron chi connectivity index (χ2n) is 5.95. The van der Waals surface area contributed by atoms with E-state index in [2.05, 4.69) is 34.8 Å². The van der Waals surface area contributed by atoms with Crippen LogP contribution in [0, 0.1) is 11.8 Å². The molecule has 2 aromatic rings. The quantitative estimate of drug-likeness (QED) is 0.913. The predicted molar refractivity (Wildman–Crippen MR) is 89.6 cm³/mol. The summed E-state index contributed by atoms with van der Waals surface area (Å²) < 4.78 is 22.7. The molecule has 3 rings (SSSR count). The van der Waals surface area contributed by atoms with Gasteiger partial charge in [-0.05, 0) is 24.3 Å². The average Bonchev–Trinajstić information content (AvgIpc) is 3.00. The van der Waals surface area contributed by atoms with Gasteiger partial charge in [0.05, 0.1) is 11.1 Å². The van der Waals surface area contributed by atoms with E-state index in [9.17, 15) is 8.42 Å². The lowest BCUT2D eigenvalue weighted by Gasteiger charge is -2.17. The van der Waals surface area contributed by atoms with Gasteiger partial charge in [0.15, 0.2) is 0 Å². The van der Waals surface area contributed by atoms with E-state index in [-0.39, 0.29) is 17.6 Å². The Labute approximate surface area is 134 Å². The number of nitrogens with two attached hydrogens (primary N) is 1. The minimum atomic E-state index is -3.45. The van der Waals surface area contributed by atoms with Gasteiger partial charge in [-0.25, -0.2) is 23.5 Å². The molecular weight excluding hydrogens is 320 g/mol. The molecule has 120 valence electrons. The summed E-state index contributed by atoms with van der Waals surface area (Å²) in [6, 6.07) is 2.15. The van der Waals surface area contributed by atoms with Gasteiger partial charge in [-0.1, -0.05) is 13.8 Å². The van der Waals surface area contributed by atoms with Crippen LogP contribution >= 0.6 is 11.3 Å². The van der Waals surface area contributed by atoms with Gasteiger partial charge < -0.3 is 4.90 Å². The Kier molecular flexibility index (Phi) is 4.09. The maximum absolute atomic E-state index is 11.4. The summed E-state index contributed by atoms with van der Waals surface area (Å²) in [5.74, 6) is 1.25. The second kappa shape index (κ2) is 5.75. The van der Waals surface area contributed by atoms with Crippen molar-refractivity contribution < 1.29 is 8.42 Å². The molecule has 22 heavy (non-hydrogen) atoms. The standard InChI is InChI=1S/C14H20N4O2S2/c1-3-11-4-12-13(16-8-17-14(12)21-11)18-5-9(2)10(6-18)7-22(15,19)20/h4,8-10H,3,5-7H2,1-2H3,(H2,15,19,20)/t9-,10+/m1/s1. The third-order valence-electron chi connectivity index (χ3n) is 4.22. The van der Waals surface area contributed by atoms with Crippen LogP contribution in [0.4, 0.5) is 5.82 Å². The number of aryl methyl sites for hydroxylation is 1. The van der Waals surface area contributed by atoms with Crippen molar-refractivity contribution in [3.8, 4) is 0 Å². The lowest BCUT2D eigenvalue weighted by Crippen LogP contribution is -2.27. The zero-order valence-corrected chi connectivity index (χ0v) is 14.3. The van der Waals surface area contributed by atoms with Crippen molar-refractivity contribution >= 4 is 37.4 Å². The van der Waals surface area contributed by atoms with Crippen molar-refractivity contribution in [1.82, 2.24) is 9.97 Å². The molecule has 2 aromatic heterocycles. The Morgan fingerprint density at radius 1 is 1.41 bits per heavy atom. The van der Waals surface area contributed by atoms with E-state index in [1.807, 2.05) is 0 Å². The molecule has 0 aromatic carbocycles. The first kappa shape index (κ1) is 15.6. The molecule has 0 aliphatic carbocycles. The van der Waals surface area contributed by atoms with Crippen LogP contribution in [0.25, 0.3) is 10.2 Å². The van der Waals surface area contributed by atoms with Crippen LogP contribution in [0.15, 0.2) is 12.4 Å². The minimum Gasteiger partial charge on any atom is -0.355 e. The van der Waals surface area contributed by atoms with E-state index in [1.54, 1.807) is 17.7 Å². The molecule has 0 radical (unpaired) electrons. The lowest BCUT2D eigenvalue weighted by atomic mass is 10.0. The smallest absolute Gasteiger partial charge is 0.209 e. The Morgan fingerprint density at radius 2 is 2.18 bits per heavy atom. The van der Waals surface area contributed by atoms with Gasteiger partial charge in [-0.15, -0.1) is 11.3 Å². The van der Waals surface area contributed by atoms with Crippen molar-refractivity contribution in [2.45, 2.75) is 20.3 Å². The number of anilines is 1. The van der Waals surface area contributed by atoms with Crippen molar-refractivity contribution in [3.05, 3.63) is 17.3 Å². The highest BCUT2D eigenvalue weighted by molar-refractivity contribution is 7.89. The van der Waals surface area contributed by atoms with Gasteiger partial charge in [-0.2, -0.15) is 0 Å². The Hall–Kier alpha value is -1.25. The summed E-state index contributed by atoms with van der Waals surface area (Å²) in [6.45, 7) is 5.65. The number of nitrogens with zero attached hydrogens (tertiary/aromatic N) is 3. The van der Waals surface area contributed by atoms with Crippen LogP contribution in [0.1, 0.15) is 18.7 Å². The molecule has 1 aliphatic heterocycles. The van der Waals surface area contributed by atoms with Gasteiger partial charge in [0.1, 0.15) is 17.0 Å². The largest absolute Gasteiger partial charge is 0.355 e. The van der Waals surface area contributed by atoms with Gasteiger partial charge in [0, 0.05) is 18.0 Å². The lowest BCUT2D eigenvalue weighted by molar-refractivity contribution is 0.486. The highest BCUT2D eigenvalue weighted by Crippen LogP contribution is 2.34. The maximum atomic E-state index is 11.4. The molecule has 1 fully saturated rings. The average molecular weight is 340 g/mol. The molecule has 0 saturated carbocycles. The molecule has 2 atom stereocenters. The summed E-state index contributed by atoms with van der Waals surface area (Å²) in [6.07, 6.45) is 2.57. The van der Waals surface area contributed by atoms with Crippen LogP contribution in [-0.4, -0.2) is 37.2 Å². The van der Waals surface area contributed by atoms with Crippen molar-refractivity contribution in [2.75, 3.05) is 23.7 Å². The normalized spacial score (nSPS) is 22.6. The molecule has 3 heterocycles. The topological polar surface area (TPSA) is 89.2 Å². The molecule has 1 aliphatic rings. The van der Waals surface area contributed by atoms with Gasteiger partial charge >= 0.3 is 0 Å². The Morgan fingerprint density at radius 3 is 2.86 bits per heavy atom. The highest BCUT2D eigenvalue weighted by Gasteiger charge is 2.33. The third kappa shape index (κ3) is 3.09. The zero-order valence-electron chi connectivity index (χ0n) is 12.7. The molecule has 0 bridgehead atoms. The molecule has 1 saturated heterocycles. The van der Waals surface area contributed by atoms with Gasteiger partial charge in [-0.3, -0.25) is 0 Å². The summed E-state index contributed by atoms with van der Waals surface area (Å²) in [5.41, 5.74) is 0. The SMILES string of the molecule is CCc1cc2c(N3C[C@@H](CS(N)(=O)=O)[C@H](C)C3)ncnc2s1. The molecule has 6 nitrogen and oxygen atoms in total. The first-order valence-corrected chi connectivity index (χ1v) is 9.89. The van der Waals surface area contributed by atoms with E-state index in [0.29, 0.717) is 6.54 Å². The van der Waals surface area contributed by atoms with Crippen molar-refractivity contribution in [3.63, 3.8) is 0 Å². The van der Waals surface area contributed by atoms with Gasteiger partial charge in [0.2, 0.25) is 10.0 Å². The molecule has 0 unspecified atom stereocenters. The number of hydrogen-bond donors (Lipinski definition) is 1. The number of aromatic nitrogens is 2. The van der Waals surface area contributed by atoms with E-state index in [0.717, 1.165) is 29.0 Å². The number of rotatable bonds is 4. The molecule has 2 N–H and O–H groups in total. The summed E-state index contributed by atoms with van der Waals surface area (Å²) in [5, 5.41) is 6.27. The predicted octanol–water partition coefficient (Wildman–Crippen LogP) is 1.61. The first-order chi connectivity index (χ1) is 10.4. The van der Waals surface area contributed by atoms with Crippen molar-refractivity contribution in [2.24, 2.45) is 17.0 Å². The summed E-state index contributed by atoms with van der Waals surface area (Å²) in [4.78, 5) is 13.2. The Bertz CT molecular complexity index is 787. The molecule has 0 spiro atoms. The van der Waals surface area contributed by atoms with Crippen LogP contribution in [0.5, 0.6) is 0 Å². The fourth-order valence-electron chi connectivity index (χ4n) is 3.04. The summed E-state index contributed by atoms with van der Waals surface area (Å²) in [7, 11) is -3.45. The van der Waals surface area contributed by atoms with E-state index in [4.69, 9.17) is 5.14 Å². The molecule has 0 amide bonds. The third-order valence-corrected chi connectivity index (χ3v) is 6.30. The molecule has 8 heteroatoms. The maximum Gasteiger partial charge on any atom is 0.209 e. The first-order valence-electron chi connectivity index (χ1n) is 7.36. The highest BCUT2D eigenvalue weighted by atomic mass is 32.2. The van der Waals surface area contributed by atoms with Crippen molar-refractivity contribution in [1.29, 1.82) is 0 Å². The second-order valence-corrected chi connectivity index (χ2v) is 8.73. The van der Waals surface area contributed by atoms with Crippen LogP contribution < -0.4 is 10.0 Å². The minimum absolute atomic E-state index is 0.0305. The van der Waals surface area contributed by atoms with E-state index >= 15 is 0 Å². The monoisotopic (exact) mass is 340 g/mol. The Balaban J connectivity index is 1.90. The number of hydrogen-bond acceptors (Lipinski definition) is 6. The van der Waals surface area contributed by atoms with Crippen LogP contribution in [0.2, 0.25) is 0 Å².